The van der Waals surface area contributed by atoms with E-state index < -0.39 is 0 Å². The van der Waals surface area contributed by atoms with Gasteiger partial charge in [0.25, 0.3) is 0 Å². The van der Waals surface area contributed by atoms with Gasteiger partial charge < -0.3 is 14.4 Å². The van der Waals surface area contributed by atoms with Gasteiger partial charge in [0.15, 0.2) is 0 Å². The standard InChI is InChI=1S/C28H33ClN6O2/c1-33-19-20(17-31-33)28-18-30-26-8-7-21(14-27(26)32-28)35(11-5-10-34-9-4-6-22(34)16-29)23-12-24(36-2)15-25(13-23)37-3/h7-8,12-15,17-19,22H,4-6,9-11,16H2,1-3H3/t22-/m1/s1. The number of methoxy groups -OCH3 is 2. The molecule has 5 rings (SSSR count). The number of aromatic nitrogens is 4. The first-order valence-corrected chi connectivity index (χ1v) is 13.2. The van der Waals surface area contributed by atoms with Crippen molar-refractivity contribution in [1.29, 1.82) is 0 Å². The molecule has 37 heavy (non-hydrogen) atoms. The summed E-state index contributed by atoms with van der Waals surface area (Å²) in [7, 11) is 5.25. The van der Waals surface area contributed by atoms with E-state index in [9.17, 15) is 0 Å². The number of hydrogen-bond donors (Lipinski definition) is 0. The van der Waals surface area contributed by atoms with Crippen molar-refractivity contribution >= 4 is 34.0 Å². The molecule has 3 heterocycles. The monoisotopic (exact) mass is 520 g/mol. The van der Waals surface area contributed by atoms with Gasteiger partial charge in [0.05, 0.1) is 43.3 Å². The second-order valence-electron chi connectivity index (χ2n) is 9.39. The number of rotatable bonds is 10. The summed E-state index contributed by atoms with van der Waals surface area (Å²) in [5, 5.41) is 4.27. The minimum absolute atomic E-state index is 0.480. The van der Waals surface area contributed by atoms with E-state index in [0.29, 0.717) is 11.9 Å². The van der Waals surface area contributed by atoms with Crippen LogP contribution in [0.25, 0.3) is 22.3 Å². The number of alkyl halides is 1. The fourth-order valence-electron chi connectivity index (χ4n) is 5.01. The van der Waals surface area contributed by atoms with Gasteiger partial charge in [-0.05, 0) is 44.0 Å². The Morgan fingerprint density at radius 3 is 2.54 bits per heavy atom. The van der Waals surface area contributed by atoms with E-state index in [1.807, 2.05) is 37.5 Å². The predicted molar refractivity (Wildman–Crippen MR) is 148 cm³/mol. The van der Waals surface area contributed by atoms with Crippen LogP contribution in [0.5, 0.6) is 11.5 Å². The lowest BCUT2D eigenvalue weighted by Gasteiger charge is -2.28. The first kappa shape index (κ1) is 25.3. The van der Waals surface area contributed by atoms with Crippen LogP contribution in [-0.2, 0) is 7.05 Å². The molecule has 1 aliphatic heterocycles. The molecule has 0 bridgehead atoms. The van der Waals surface area contributed by atoms with Crippen molar-refractivity contribution in [2.75, 3.05) is 44.6 Å². The molecule has 0 radical (unpaired) electrons. The van der Waals surface area contributed by atoms with Crippen molar-refractivity contribution in [3.05, 3.63) is 55.0 Å². The third kappa shape index (κ3) is 5.65. The lowest BCUT2D eigenvalue weighted by atomic mass is 10.1. The van der Waals surface area contributed by atoms with Gasteiger partial charge >= 0.3 is 0 Å². The first-order chi connectivity index (χ1) is 18.1. The van der Waals surface area contributed by atoms with Crippen molar-refractivity contribution in [3.63, 3.8) is 0 Å². The van der Waals surface area contributed by atoms with Crippen molar-refractivity contribution in [2.24, 2.45) is 7.05 Å². The van der Waals surface area contributed by atoms with Gasteiger partial charge in [-0.3, -0.25) is 14.6 Å². The van der Waals surface area contributed by atoms with Crippen molar-refractivity contribution in [3.8, 4) is 22.8 Å². The number of ether oxygens (including phenoxy) is 2. The molecule has 194 valence electrons. The Balaban J connectivity index is 1.48. The summed E-state index contributed by atoms with van der Waals surface area (Å²) in [6.45, 7) is 2.95. The van der Waals surface area contributed by atoms with Gasteiger partial charge in [0.1, 0.15) is 11.5 Å². The minimum Gasteiger partial charge on any atom is -0.497 e. The van der Waals surface area contributed by atoms with Gasteiger partial charge in [-0.1, -0.05) is 0 Å². The second kappa shape index (κ2) is 11.4. The highest BCUT2D eigenvalue weighted by atomic mass is 35.5. The molecule has 1 atom stereocenters. The number of fused-ring (bicyclic) bond motifs is 1. The van der Waals surface area contributed by atoms with E-state index in [2.05, 4.69) is 32.0 Å². The van der Waals surface area contributed by atoms with Crippen LogP contribution in [-0.4, -0.2) is 70.4 Å². The smallest absolute Gasteiger partial charge is 0.124 e. The molecule has 8 nitrogen and oxygen atoms in total. The fourth-order valence-corrected chi connectivity index (χ4v) is 5.36. The zero-order valence-electron chi connectivity index (χ0n) is 21.6. The molecule has 1 saturated heterocycles. The molecule has 0 amide bonds. The summed E-state index contributed by atoms with van der Waals surface area (Å²) >= 11 is 6.22. The first-order valence-electron chi connectivity index (χ1n) is 12.6. The highest BCUT2D eigenvalue weighted by Gasteiger charge is 2.23. The number of likely N-dealkylation sites (tertiary alicyclic amines) is 1. The molecule has 0 saturated carbocycles. The fraction of sp³-hybridized carbons (Fsp3) is 0.393. The average molecular weight is 521 g/mol. The van der Waals surface area contributed by atoms with Gasteiger partial charge in [-0.15, -0.1) is 11.6 Å². The van der Waals surface area contributed by atoms with Gasteiger partial charge in [0, 0.05) is 73.4 Å². The molecule has 0 spiro atoms. The summed E-state index contributed by atoms with van der Waals surface area (Å²) in [4.78, 5) is 14.4. The lowest BCUT2D eigenvalue weighted by Crippen LogP contribution is -2.33. The van der Waals surface area contributed by atoms with E-state index in [4.69, 9.17) is 26.1 Å². The second-order valence-corrected chi connectivity index (χ2v) is 9.70. The SMILES string of the molecule is COc1cc(OC)cc(N(CCCN2CCC[C@@H]2CCl)c2ccc3ncc(-c4cnn(C)c4)nc3c2)c1. The molecule has 0 unspecified atom stereocenters. The van der Waals surface area contributed by atoms with Crippen LogP contribution in [0.4, 0.5) is 11.4 Å². The maximum Gasteiger partial charge on any atom is 0.124 e. The number of anilines is 2. The summed E-state index contributed by atoms with van der Waals surface area (Å²) in [6, 6.07) is 12.7. The normalized spacial score (nSPS) is 15.8. The largest absolute Gasteiger partial charge is 0.497 e. The van der Waals surface area contributed by atoms with Gasteiger partial charge in [-0.2, -0.15) is 5.10 Å². The molecule has 2 aromatic heterocycles. The molecule has 2 aromatic carbocycles. The average Bonchev–Trinajstić information content (AvgIpc) is 3.58. The number of halogens is 1. The Morgan fingerprint density at radius 1 is 1.03 bits per heavy atom. The number of nitrogens with zero attached hydrogens (tertiary/aromatic N) is 6. The quantitative estimate of drug-likeness (QED) is 0.263. The maximum atomic E-state index is 6.22. The molecule has 4 aromatic rings. The van der Waals surface area contributed by atoms with E-state index in [1.165, 1.54) is 12.8 Å². The number of hydrogen-bond acceptors (Lipinski definition) is 7. The summed E-state index contributed by atoms with van der Waals surface area (Å²) < 4.78 is 12.9. The molecule has 0 N–H and O–H groups in total. The third-order valence-corrected chi connectivity index (χ3v) is 7.35. The van der Waals surface area contributed by atoms with Crippen LogP contribution in [0, 0.1) is 0 Å². The van der Waals surface area contributed by atoms with Crippen LogP contribution in [0.2, 0.25) is 0 Å². The van der Waals surface area contributed by atoms with E-state index in [1.54, 1.807) is 31.3 Å². The van der Waals surface area contributed by atoms with Gasteiger partial charge in [0.2, 0.25) is 0 Å². The zero-order chi connectivity index (χ0) is 25.8. The van der Waals surface area contributed by atoms with Crippen LogP contribution in [0.1, 0.15) is 19.3 Å². The number of aryl methyl sites for hydroxylation is 1. The minimum atomic E-state index is 0.480. The van der Waals surface area contributed by atoms with Crippen LogP contribution in [0.3, 0.4) is 0 Å². The van der Waals surface area contributed by atoms with E-state index in [0.717, 1.165) is 71.2 Å². The van der Waals surface area contributed by atoms with Crippen molar-refractivity contribution < 1.29 is 9.47 Å². The van der Waals surface area contributed by atoms with E-state index >= 15 is 0 Å². The molecule has 9 heteroatoms. The zero-order valence-corrected chi connectivity index (χ0v) is 22.4. The molecule has 1 aliphatic rings. The topological polar surface area (TPSA) is 68.5 Å². The van der Waals surface area contributed by atoms with Crippen LogP contribution >= 0.6 is 11.6 Å². The lowest BCUT2D eigenvalue weighted by molar-refractivity contribution is 0.269. The van der Waals surface area contributed by atoms with E-state index in [-0.39, 0.29) is 0 Å². The van der Waals surface area contributed by atoms with Crippen LogP contribution in [0.15, 0.2) is 55.0 Å². The molecule has 1 fully saturated rings. The Hall–Kier alpha value is -3.36. The van der Waals surface area contributed by atoms with Crippen LogP contribution < -0.4 is 14.4 Å². The van der Waals surface area contributed by atoms with Crippen molar-refractivity contribution in [2.45, 2.75) is 25.3 Å². The summed E-state index contributed by atoms with van der Waals surface area (Å²) in [6.07, 6.45) is 8.95. The molecule has 0 aliphatic carbocycles. The maximum absolute atomic E-state index is 6.22. The summed E-state index contributed by atoms with van der Waals surface area (Å²) in [5.74, 6) is 2.19. The molecular formula is C28H33ClN6O2. The third-order valence-electron chi connectivity index (χ3n) is 6.99. The Labute approximate surface area is 222 Å². The summed E-state index contributed by atoms with van der Waals surface area (Å²) in [5.41, 5.74) is 5.46. The Morgan fingerprint density at radius 2 is 1.84 bits per heavy atom. The Bertz CT molecular complexity index is 1340. The number of benzene rings is 2. The highest BCUT2D eigenvalue weighted by Crippen LogP contribution is 2.34. The Kier molecular flexibility index (Phi) is 7.76. The molecular weight excluding hydrogens is 488 g/mol. The highest BCUT2D eigenvalue weighted by molar-refractivity contribution is 6.18. The van der Waals surface area contributed by atoms with Crippen molar-refractivity contribution in [1.82, 2.24) is 24.6 Å². The predicted octanol–water partition coefficient (Wildman–Crippen LogP) is 5.28. The van der Waals surface area contributed by atoms with Gasteiger partial charge in [-0.25, -0.2) is 4.98 Å².